The lowest BCUT2D eigenvalue weighted by atomic mass is 9.95. The normalized spacial score (nSPS) is 12.2. The summed E-state index contributed by atoms with van der Waals surface area (Å²) in [6.07, 6.45) is 0.376. The molecule has 1 amide bonds. The predicted octanol–water partition coefficient (Wildman–Crippen LogP) is 4.29. The van der Waals surface area contributed by atoms with Gasteiger partial charge in [0.05, 0.1) is 6.54 Å². The van der Waals surface area contributed by atoms with Crippen molar-refractivity contribution in [2.24, 2.45) is 0 Å². The molecule has 1 unspecified atom stereocenters. The van der Waals surface area contributed by atoms with Crippen molar-refractivity contribution >= 4 is 11.9 Å². The number of aliphatic carboxylic acids is 1. The van der Waals surface area contributed by atoms with Crippen LogP contribution < -0.4 is 5.32 Å². The molecule has 35 heavy (non-hydrogen) atoms. The van der Waals surface area contributed by atoms with Gasteiger partial charge in [0.2, 0.25) is 0 Å². The van der Waals surface area contributed by atoms with Gasteiger partial charge in [0, 0.05) is 20.0 Å². The van der Waals surface area contributed by atoms with Crippen LogP contribution in [0.1, 0.15) is 25.0 Å². The van der Waals surface area contributed by atoms with E-state index in [4.69, 9.17) is 0 Å². The first-order chi connectivity index (χ1) is 16.9. The standard InChI is InChI=1S/C23H31N3O3.C6H6/c1-4-24-23(26(5-2)18-21(27)28,16-19-12-8-6-9-13-19)22(29)25(3)17-20-14-10-7-11-15-20;1-2-4-6-5-3-1/h6-15,24H,4-5,16-18H2,1-3H3,(H,27,28);1-6H. The summed E-state index contributed by atoms with van der Waals surface area (Å²) in [7, 11) is 1.76. The van der Waals surface area contributed by atoms with Gasteiger partial charge < -0.3 is 10.0 Å². The largest absolute Gasteiger partial charge is 0.480 e. The highest BCUT2D eigenvalue weighted by atomic mass is 16.4. The molecule has 0 aliphatic rings. The second kappa shape index (κ2) is 14.7. The zero-order chi connectivity index (χ0) is 25.5. The molecule has 3 aromatic rings. The van der Waals surface area contributed by atoms with E-state index >= 15 is 0 Å². The monoisotopic (exact) mass is 475 g/mol. The fourth-order valence-corrected chi connectivity index (χ4v) is 4.07. The molecular weight excluding hydrogens is 438 g/mol. The number of nitrogens with one attached hydrogen (secondary N) is 1. The van der Waals surface area contributed by atoms with Gasteiger partial charge in [0.15, 0.2) is 5.66 Å². The molecule has 2 N–H and O–H groups in total. The van der Waals surface area contributed by atoms with E-state index in [-0.39, 0.29) is 12.5 Å². The minimum Gasteiger partial charge on any atom is -0.480 e. The molecule has 0 bridgehead atoms. The number of carbonyl (C=O) groups is 2. The van der Waals surface area contributed by atoms with Crippen LogP contribution in [0.2, 0.25) is 0 Å². The molecule has 0 aliphatic heterocycles. The molecule has 0 heterocycles. The highest BCUT2D eigenvalue weighted by Gasteiger charge is 2.45. The summed E-state index contributed by atoms with van der Waals surface area (Å²) in [5.41, 5.74) is 0.848. The molecule has 0 aromatic heterocycles. The van der Waals surface area contributed by atoms with Crippen LogP contribution in [0.15, 0.2) is 97.1 Å². The summed E-state index contributed by atoms with van der Waals surface area (Å²) in [5, 5.41) is 12.8. The second-order valence-corrected chi connectivity index (χ2v) is 8.26. The summed E-state index contributed by atoms with van der Waals surface area (Å²) in [4.78, 5) is 28.7. The van der Waals surface area contributed by atoms with Crippen molar-refractivity contribution in [1.29, 1.82) is 0 Å². The van der Waals surface area contributed by atoms with Gasteiger partial charge in [-0.05, 0) is 24.2 Å². The van der Waals surface area contributed by atoms with Gasteiger partial charge in [-0.15, -0.1) is 0 Å². The Morgan fingerprint density at radius 2 is 1.26 bits per heavy atom. The van der Waals surface area contributed by atoms with Crippen LogP contribution in [-0.2, 0) is 22.6 Å². The predicted molar refractivity (Wildman–Crippen MR) is 141 cm³/mol. The average Bonchev–Trinajstić information content (AvgIpc) is 2.89. The Hall–Kier alpha value is -3.48. The third-order valence-electron chi connectivity index (χ3n) is 5.65. The number of carbonyl (C=O) groups excluding carboxylic acids is 1. The minimum absolute atomic E-state index is 0.143. The minimum atomic E-state index is -1.15. The summed E-state index contributed by atoms with van der Waals surface area (Å²) >= 11 is 0. The zero-order valence-corrected chi connectivity index (χ0v) is 20.9. The lowest BCUT2D eigenvalue weighted by Gasteiger charge is -2.44. The smallest absolute Gasteiger partial charge is 0.317 e. The number of nitrogens with zero attached hydrogens (tertiary/aromatic N) is 2. The molecule has 6 heteroatoms. The van der Waals surface area contributed by atoms with E-state index in [2.05, 4.69) is 5.32 Å². The number of rotatable bonds is 11. The number of likely N-dealkylation sites (N-methyl/N-ethyl adjacent to an activating group) is 3. The Morgan fingerprint density at radius 1 is 0.800 bits per heavy atom. The number of hydrogen-bond donors (Lipinski definition) is 2. The molecule has 0 saturated carbocycles. The first kappa shape index (κ1) is 27.8. The molecule has 0 radical (unpaired) electrons. The summed E-state index contributed by atoms with van der Waals surface area (Å²) < 4.78 is 0. The van der Waals surface area contributed by atoms with Crippen molar-refractivity contribution in [1.82, 2.24) is 15.1 Å². The fourth-order valence-electron chi connectivity index (χ4n) is 4.07. The second-order valence-electron chi connectivity index (χ2n) is 8.26. The first-order valence-electron chi connectivity index (χ1n) is 12.0. The Balaban J connectivity index is 0.000000625. The Labute approximate surface area is 209 Å². The summed E-state index contributed by atoms with van der Waals surface area (Å²) in [6.45, 7) is 5.00. The van der Waals surface area contributed by atoms with Gasteiger partial charge in [-0.25, -0.2) is 0 Å². The van der Waals surface area contributed by atoms with E-state index in [1.54, 1.807) is 16.8 Å². The third-order valence-corrected chi connectivity index (χ3v) is 5.65. The van der Waals surface area contributed by atoms with Crippen molar-refractivity contribution < 1.29 is 14.7 Å². The van der Waals surface area contributed by atoms with Crippen LogP contribution >= 0.6 is 0 Å². The Morgan fingerprint density at radius 3 is 1.69 bits per heavy atom. The van der Waals surface area contributed by atoms with Crippen LogP contribution in [0.5, 0.6) is 0 Å². The van der Waals surface area contributed by atoms with Gasteiger partial charge in [-0.2, -0.15) is 0 Å². The van der Waals surface area contributed by atoms with Crippen molar-refractivity contribution in [3.63, 3.8) is 0 Å². The van der Waals surface area contributed by atoms with Gasteiger partial charge in [-0.1, -0.05) is 111 Å². The lowest BCUT2D eigenvalue weighted by Crippen LogP contribution is -2.69. The molecule has 3 aromatic carbocycles. The Kier molecular flexibility index (Phi) is 11.7. The van der Waals surface area contributed by atoms with Crippen LogP contribution in [0.4, 0.5) is 0 Å². The van der Waals surface area contributed by atoms with Crippen molar-refractivity contribution in [2.45, 2.75) is 32.5 Å². The number of amides is 1. The zero-order valence-electron chi connectivity index (χ0n) is 20.9. The maximum Gasteiger partial charge on any atom is 0.317 e. The summed E-state index contributed by atoms with van der Waals surface area (Å²) in [6, 6.07) is 31.5. The van der Waals surface area contributed by atoms with Crippen LogP contribution in [0.3, 0.4) is 0 Å². The molecule has 186 valence electrons. The lowest BCUT2D eigenvalue weighted by molar-refractivity contribution is -0.151. The number of carboxylic acids is 1. The quantitative estimate of drug-likeness (QED) is 0.405. The maximum absolute atomic E-state index is 13.8. The highest BCUT2D eigenvalue weighted by Crippen LogP contribution is 2.23. The fraction of sp³-hybridized carbons (Fsp3) is 0.310. The molecule has 1 atom stereocenters. The van der Waals surface area contributed by atoms with E-state index < -0.39 is 11.6 Å². The van der Waals surface area contributed by atoms with Crippen LogP contribution in [0, 0.1) is 0 Å². The number of benzene rings is 3. The topological polar surface area (TPSA) is 72.9 Å². The molecule has 0 spiro atoms. The molecular formula is C29H37N3O3. The third kappa shape index (κ3) is 8.67. The molecule has 0 saturated heterocycles. The van der Waals surface area contributed by atoms with E-state index in [9.17, 15) is 14.7 Å². The number of carboxylic acid groups (broad SMARTS) is 1. The van der Waals surface area contributed by atoms with Crippen LogP contribution in [0.25, 0.3) is 0 Å². The molecule has 0 aliphatic carbocycles. The van der Waals surface area contributed by atoms with Crippen molar-refractivity contribution in [3.05, 3.63) is 108 Å². The molecule has 6 nitrogen and oxygen atoms in total. The van der Waals surface area contributed by atoms with E-state index in [1.165, 1.54) is 0 Å². The first-order valence-corrected chi connectivity index (χ1v) is 12.0. The van der Waals surface area contributed by atoms with Crippen molar-refractivity contribution in [2.75, 3.05) is 26.7 Å². The SMILES string of the molecule is CCNC(Cc1ccccc1)(C(=O)N(C)Cc1ccccc1)N(CC)CC(=O)O.c1ccccc1. The highest BCUT2D eigenvalue weighted by molar-refractivity contribution is 5.87. The number of hydrogen-bond acceptors (Lipinski definition) is 4. The van der Waals surface area contributed by atoms with E-state index in [1.807, 2.05) is 111 Å². The van der Waals surface area contributed by atoms with E-state index in [0.29, 0.717) is 26.1 Å². The van der Waals surface area contributed by atoms with Crippen molar-refractivity contribution in [3.8, 4) is 0 Å². The average molecular weight is 476 g/mol. The van der Waals surface area contributed by atoms with E-state index in [0.717, 1.165) is 11.1 Å². The molecule has 0 fully saturated rings. The van der Waals surface area contributed by atoms with Gasteiger partial charge in [0.25, 0.3) is 5.91 Å². The van der Waals surface area contributed by atoms with Crippen LogP contribution in [-0.4, -0.2) is 59.1 Å². The maximum atomic E-state index is 13.8. The van der Waals surface area contributed by atoms with Gasteiger partial charge in [0.1, 0.15) is 0 Å². The molecule has 3 rings (SSSR count). The van der Waals surface area contributed by atoms with Gasteiger partial charge in [-0.3, -0.25) is 19.8 Å². The Bertz CT molecular complexity index is 973. The van der Waals surface area contributed by atoms with Gasteiger partial charge >= 0.3 is 5.97 Å². The summed E-state index contributed by atoms with van der Waals surface area (Å²) in [5.74, 6) is -1.10.